The molecule has 4 amide bonds. The number of carbonyl (C=O) groups excluding carboxylic acids is 4. The van der Waals surface area contributed by atoms with E-state index in [0.717, 1.165) is 10.6 Å². The second-order valence-corrected chi connectivity index (χ2v) is 15.7. The fourth-order valence-corrected chi connectivity index (χ4v) is 5.65. The highest BCUT2D eigenvalue weighted by Crippen LogP contribution is 2.23. The molecule has 1 unspecified atom stereocenters. The fourth-order valence-electron chi connectivity index (χ4n) is 5.16. The van der Waals surface area contributed by atoms with Crippen molar-refractivity contribution in [2.24, 2.45) is 17.8 Å². The Balaban J connectivity index is 2.32. The number of aliphatic hydroxyl groups excluding tert-OH is 1. The second-order valence-electron chi connectivity index (χ2n) is 13.7. The minimum absolute atomic E-state index is 0.00528. The molecule has 0 bridgehead atoms. The summed E-state index contributed by atoms with van der Waals surface area (Å²) in [6.45, 7) is 16.2. The average molecular weight is 707 g/mol. The number of hydrogen-bond acceptors (Lipinski definition) is 9. The van der Waals surface area contributed by atoms with Crippen LogP contribution in [0.5, 0.6) is 0 Å². The molecule has 274 valence electrons. The maximum Gasteiger partial charge on any atom is 0.251 e. The van der Waals surface area contributed by atoms with Crippen molar-refractivity contribution in [3.05, 3.63) is 46.7 Å². The minimum Gasteiger partial charge on any atom is -0.446 e. The smallest absolute Gasteiger partial charge is 0.251 e. The number of amides is 4. The van der Waals surface area contributed by atoms with Crippen LogP contribution in [-0.2, 0) is 26.2 Å². The van der Waals surface area contributed by atoms with Crippen molar-refractivity contribution in [3.63, 3.8) is 0 Å². The predicted molar refractivity (Wildman–Crippen MR) is 187 cm³/mol. The van der Waals surface area contributed by atoms with Crippen LogP contribution < -0.4 is 25.6 Å². The highest BCUT2D eigenvalue weighted by atomic mass is 32.2. The number of nitrogens with zero attached hydrogens (tertiary/aromatic N) is 2. The van der Waals surface area contributed by atoms with Crippen LogP contribution in [0.1, 0.15) is 99.4 Å². The molecule has 0 saturated heterocycles. The van der Waals surface area contributed by atoms with E-state index in [1.807, 2.05) is 41.5 Å². The van der Waals surface area contributed by atoms with Gasteiger partial charge in [0.25, 0.3) is 11.8 Å². The van der Waals surface area contributed by atoms with E-state index in [9.17, 15) is 32.7 Å². The number of rotatable bonds is 17. The van der Waals surface area contributed by atoms with E-state index in [2.05, 4.69) is 26.3 Å². The molecule has 1 aromatic heterocycles. The van der Waals surface area contributed by atoms with Crippen LogP contribution in [0.25, 0.3) is 0 Å². The molecule has 2 aromatic rings. The summed E-state index contributed by atoms with van der Waals surface area (Å²) in [7, 11) is -2.45. The zero-order chi connectivity index (χ0) is 37.4. The molecule has 0 aliphatic rings. The summed E-state index contributed by atoms with van der Waals surface area (Å²) in [6, 6.07) is 2.40. The molecular formula is C34H54N6O8S. The van der Waals surface area contributed by atoms with Gasteiger partial charge in [0.2, 0.25) is 21.8 Å². The van der Waals surface area contributed by atoms with Gasteiger partial charge >= 0.3 is 0 Å². The summed E-state index contributed by atoms with van der Waals surface area (Å²) in [5, 5.41) is 22.5. The molecule has 0 aliphatic heterocycles. The second kappa shape index (κ2) is 17.6. The molecule has 0 spiro atoms. The van der Waals surface area contributed by atoms with Crippen LogP contribution in [-0.4, -0.2) is 79.7 Å². The van der Waals surface area contributed by atoms with Gasteiger partial charge in [0.15, 0.2) is 5.89 Å². The molecule has 1 aromatic carbocycles. The third-order valence-corrected chi connectivity index (χ3v) is 9.15. The first kappa shape index (κ1) is 41.2. The van der Waals surface area contributed by atoms with Gasteiger partial charge in [-0.25, -0.2) is 13.4 Å². The van der Waals surface area contributed by atoms with Crippen LogP contribution in [0, 0.1) is 31.6 Å². The van der Waals surface area contributed by atoms with Crippen LogP contribution in [0.2, 0.25) is 0 Å². The first-order valence-corrected chi connectivity index (χ1v) is 18.3. The van der Waals surface area contributed by atoms with Gasteiger partial charge in [0.05, 0.1) is 30.6 Å². The van der Waals surface area contributed by atoms with Crippen LogP contribution in [0.4, 0.5) is 5.69 Å². The normalized spacial score (nSPS) is 14.3. The topological polar surface area (TPSA) is 200 Å². The average Bonchev–Trinajstić information content (AvgIpc) is 3.31. The molecule has 0 radical (unpaired) electrons. The first-order chi connectivity index (χ1) is 22.6. The van der Waals surface area contributed by atoms with Crippen molar-refractivity contribution in [2.75, 3.05) is 17.6 Å². The lowest BCUT2D eigenvalue weighted by Crippen LogP contribution is -2.53. The summed E-state index contributed by atoms with van der Waals surface area (Å²) in [4.78, 5) is 57.0. The number of benzene rings is 1. The van der Waals surface area contributed by atoms with Gasteiger partial charge in [-0.15, -0.1) is 0 Å². The van der Waals surface area contributed by atoms with Crippen molar-refractivity contribution in [2.45, 2.75) is 106 Å². The van der Waals surface area contributed by atoms with Crippen LogP contribution in [0.3, 0.4) is 0 Å². The fraction of sp³-hybridized carbons (Fsp3) is 0.618. The van der Waals surface area contributed by atoms with E-state index in [4.69, 9.17) is 4.42 Å². The van der Waals surface area contributed by atoms with E-state index >= 15 is 0 Å². The molecule has 0 fully saturated rings. The molecule has 14 nitrogen and oxygen atoms in total. The summed E-state index contributed by atoms with van der Waals surface area (Å²) in [5.74, 6) is -1.76. The van der Waals surface area contributed by atoms with Gasteiger partial charge in [-0.2, -0.15) is 0 Å². The SMILES string of the molecule is Cc1nc(CNC(=O)c2cc(C(=O)N[C@@H](CC(C)C)[C@@H](O)C[C@@H](C)C(=O)NC(C(=O)NC(C)C)C(C)C)cc(N(C)S(C)(=O)=O)c2)c(C)o1. The number of carbonyl (C=O) groups is 4. The highest BCUT2D eigenvalue weighted by molar-refractivity contribution is 7.92. The monoisotopic (exact) mass is 706 g/mol. The standard InChI is InChI=1S/C34H54N6O8S/c1-18(2)12-27(29(41)13-21(7)31(42)39-30(19(3)4)34(45)36-20(5)6)38-33(44)25-14-24(15-26(16-25)40(10)49(11,46)47)32(43)35-17-28-22(8)48-23(9)37-28/h14-16,18-21,27,29-30,41H,12-13,17H2,1-11H3,(H,35,43)(H,36,45)(H,38,44)(H,39,42)/t21-,27+,29+,30?/m1/s1. The molecule has 15 heteroatoms. The number of anilines is 1. The van der Waals surface area contributed by atoms with Gasteiger partial charge in [-0.05, 0) is 63.6 Å². The predicted octanol–water partition coefficient (Wildman–Crippen LogP) is 2.81. The Morgan fingerprint density at radius 2 is 1.47 bits per heavy atom. The number of sulfonamides is 1. The molecule has 0 aliphatic carbocycles. The lowest BCUT2D eigenvalue weighted by atomic mass is 9.91. The lowest BCUT2D eigenvalue weighted by molar-refractivity contribution is -0.132. The Morgan fingerprint density at radius 1 is 0.878 bits per heavy atom. The molecule has 2 rings (SSSR count). The minimum atomic E-state index is -3.75. The van der Waals surface area contributed by atoms with Gasteiger partial charge in [0, 0.05) is 37.1 Å². The zero-order valence-corrected chi connectivity index (χ0v) is 31.3. The molecular weight excluding hydrogens is 652 g/mol. The van der Waals surface area contributed by atoms with Gasteiger partial charge in [-0.1, -0.05) is 34.6 Å². The van der Waals surface area contributed by atoms with E-state index < -0.39 is 51.9 Å². The Kier molecular flexibility index (Phi) is 14.8. The van der Waals surface area contributed by atoms with Crippen molar-refractivity contribution in [3.8, 4) is 0 Å². The summed E-state index contributed by atoms with van der Waals surface area (Å²) in [6.07, 6.45) is 0.208. The Bertz CT molecular complexity index is 1590. The summed E-state index contributed by atoms with van der Waals surface area (Å²) in [5.41, 5.74) is 0.638. The van der Waals surface area contributed by atoms with E-state index in [1.54, 1.807) is 20.8 Å². The van der Waals surface area contributed by atoms with Gasteiger partial charge in [-0.3, -0.25) is 23.5 Å². The third kappa shape index (κ3) is 12.4. The number of aryl methyl sites for hydroxylation is 2. The number of hydrogen-bond donors (Lipinski definition) is 5. The van der Waals surface area contributed by atoms with E-state index in [-0.39, 0.29) is 53.6 Å². The summed E-state index contributed by atoms with van der Waals surface area (Å²) >= 11 is 0. The van der Waals surface area contributed by atoms with Crippen molar-refractivity contribution < 1.29 is 37.1 Å². The molecule has 49 heavy (non-hydrogen) atoms. The summed E-state index contributed by atoms with van der Waals surface area (Å²) < 4.78 is 31.2. The van der Waals surface area contributed by atoms with Gasteiger partial charge < -0.3 is 30.8 Å². The molecule has 1 heterocycles. The van der Waals surface area contributed by atoms with Crippen molar-refractivity contribution in [1.29, 1.82) is 0 Å². The lowest BCUT2D eigenvalue weighted by Gasteiger charge is -2.29. The van der Waals surface area contributed by atoms with E-state index in [1.165, 1.54) is 25.2 Å². The number of oxazole rings is 1. The molecule has 4 atom stereocenters. The first-order valence-electron chi connectivity index (χ1n) is 16.5. The zero-order valence-electron chi connectivity index (χ0n) is 30.5. The largest absolute Gasteiger partial charge is 0.446 e. The quantitative estimate of drug-likeness (QED) is 0.164. The maximum absolute atomic E-state index is 13.7. The molecule has 0 saturated carbocycles. The maximum atomic E-state index is 13.7. The highest BCUT2D eigenvalue weighted by Gasteiger charge is 2.31. The Morgan fingerprint density at radius 3 is 1.96 bits per heavy atom. The van der Waals surface area contributed by atoms with Crippen molar-refractivity contribution in [1.82, 2.24) is 26.3 Å². The molecule has 5 N–H and O–H groups in total. The number of aromatic nitrogens is 1. The van der Waals surface area contributed by atoms with Crippen LogP contribution >= 0.6 is 0 Å². The number of aliphatic hydroxyl groups is 1. The number of nitrogens with one attached hydrogen (secondary N) is 4. The van der Waals surface area contributed by atoms with Gasteiger partial charge in [0.1, 0.15) is 17.5 Å². The Hall–Kier alpha value is -3.98. The third-order valence-electron chi connectivity index (χ3n) is 7.95. The Labute approximate surface area is 290 Å². The van der Waals surface area contributed by atoms with Crippen LogP contribution in [0.15, 0.2) is 22.6 Å². The van der Waals surface area contributed by atoms with Crippen molar-refractivity contribution >= 4 is 39.3 Å². The van der Waals surface area contributed by atoms with E-state index in [0.29, 0.717) is 23.8 Å².